The SMILES string of the molecule is COc1ncnc(NCC(C)(C)S(C)(=O)=O)c1N. The van der Waals surface area contributed by atoms with E-state index < -0.39 is 14.6 Å². The van der Waals surface area contributed by atoms with E-state index in [9.17, 15) is 8.42 Å². The number of sulfone groups is 1. The largest absolute Gasteiger partial charge is 0.479 e. The number of nitrogens with zero attached hydrogens (tertiary/aromatic N) is 2. The van der Waals surface area contributed by atoms with E-state index in [2.05, 4.69) is 15.3 Å². The third kappa shape index (κ3) is 3.00. The van der Waals surface area contributed by atoms with Gasteiger partial charge in [0.2, 0.25) is 5.88 Å². The zero-order valence-electron chi connectivity index (χ0n) is 10.9. The van der Waals surface area contributed by atoms with E-state index in [0.29, 0.717) is 5.82 Å². The Hall–Kier alpha value is -1.57. The highest BCUT2D eigenvalue weighted by Gasteiger charge is 2.30. The van der Waals surface area contributed by atoms with Crippen molar-refractivity contribution in [2.45, 2.75) is 18.6 Å². The van der Waals surface area contributed by atoms with E-state index >= 15 is 0 Å². The topological polar surface area (TPSA) is 107 Å². The first kappa shape index (κ1) is 14.5. The highest BCUT2D eigenvalue weighted by Crippen LogP contribution is 2.25. The number of anilines is 2. The number of hydrogen-bond acceptors (Lipinski definition) is 7. The molecule has 0 radical (unpaired) electrons. The van der Waals surface area contributed by atoms with Gasteiger partial charge in [-0.25, -0.2) is 13.4 Å². The minimum atomic E-state index is -3.18. The summed E-state index contributed by atoms with van der Waals surface area (Å²) in [7, 11) is -1.73. The molecule has 18 heavy (non-hydrogen) atoms. The van der Waals surface area contributed by atoms with Crippen LogP contribution < -0.4 is 15.8 Å². The molecule has 0 aliphatic carbocycles. The molecular weight excluding hydrogens is 256 g/mol. The lowest BCUT2D eigenvalue weighted by molar-refractivity contribution is 0.399. The fraction of sp³-hybridized carbons (Fsp3) is 0.600. The van der Waals surface area contributed by atoms with Crippen LogP contribution in [0.3, 0.4) is 0 Å². The quantitative estimate of drug-likeness (QED) is 0.795. The van der Waals surface area contributed by atoms with Crippen molar-refractivity contribution in [3.8, 4) is 5.88 Å². The molecule has 0 aromatic carbocycles. The summed E-state index contributed by atoms with van der Waals surface area (Å²) in [6, 6.07) is 0. The van der Waals surface area contributed by atoms with Gasteiger partial charge in [0, 0.05) is 12.8 Å². The summed E-state index contributed by atoms with van der Waals surface area (Å²) >= 11 is 0. The Morgan fingerprint density at radius 3 is 2.56 bits per heavy atom. The molecule has 0 bridgehead atoms. The second kappa shape index (κ2) is 4.97. The van der Waals surface area contributed by atoms with E-state index in [1.54, 1.807) is 13.8 Å². The Balaban J connectivity index is 2.88. The van der Waals surface area contributed by atoms with Crippen LogP contribution in [0.25, 0.3) is 0 Å². The first-order valence-corrected chi connectivity index (χ1v) is 7.16. The summed E-state index contributed by atoms with van der Waals surface area (Å²) in [4.78, 5) is 7.78. The smallest absolute Gasteiger partial charge is 0.242 e. The van der Waals surface area contributed by atoms with Crippen LogP contribution >= 0.6 is 0 Å². The predicted octanol–water partition coefficient (Wildman–Crippen LogP) is 0.302. The van der Waals surface area contributed by atoms with E-state index in [1.165, 1.54) is 19.7 Å². The minimum Gasteiger partial charge on any atom is -0.479 e. The molecule has 0 atom stereocenters. The molecule has 102 valence electrons. The molecule has 0 saturated heterocycles. The fourth-order valence-electron chi connectivity index (χ4n) is 1.11. The molecule has 1 aromatic rings. The zero-order chi connectivity index (χ0) is 14.0. The lowest BCUT2D eigenvalue weighted by Crippen LogP contribution is -2.38. The number of aromatic nitrogens is 2. The minimum absolute atomic E-state index is 0.191. The molecule has 0 saturated carbocycles. The van der Waals surface area contributed by atoms with Gasteiger partial charge in [0.25, 0.3) is 0 Å². The number of ether oxygens (including phenoxy) is 1. The van der Waals surface area contributed by atoms with Crippen molar-refractivity contribution < 1.29 is 13.2 Å². The van der Waals surface area contributed by atoms with Gasteiger partial charge in [-0.3, -0.25) is 0 Å². The summed E-state index contributed by atoms with van der Waals surface area (Å²) in [5.41, 5.74) is 6.02. The average molecular weight is 274 g/mol. The molecule has 0 amide bonds. The van der Waals surface area contributed by atoms with Crippen LogP contribution in [-0.4, -0.2) is 43.0 Å². The number of hydrogen-bond donors (Lipinski definition) is 2. The molecule has 0 aliphatic rings. The van der Waals surface area contributed by atoms with Crippen molar-refractivity contribution in [3.63, 3.8) is 0 Å². The van der Waals surface area contributed by atoms with Gasteiger partial charge < -0.3 is 15.8 Å². The maximum atomic E-state index is 11.6. The standard InChI is InChI=1S/C10H18N4O3S/c1-10(2,18(4,15)16)5-12-8-7(11)9(17-3)14-6-13-8/h6H,5,11H2,1-4H3,(H,12,13,14). The van der Waals surface area contributed by atoms with Gasteiger partial charge >= 0.3 is 0 Å². The van der Waals surface area contributed by atoms with Crippen LogP contribution in [-0.2, 0) is 9.84 Å². The average Bonchev–Trinajstić information content (AvgIpc) is 2.26. The normalized spacial score (nSPS) is 12.2. The molecule has 0 unspecified atom stereocenters. The Kier molecular flexibility index (Phi) is 4.00. The Bertz CT molecular complexity index is 528. The van der Waals surface area contributed by atoms with Crippen LogP contribution in [0.15, 0.2) is 6.33 Å². The van der Waals surface area contributed by atoms with E-state index in [0.717, 1.165) is 0 Å². The van der Waals surface area contributed by atoms with Gasteiger partial charge in [0.1, 0.15) is 12.0 Å². The van der Waals surface area contributed by atoms with E-state index in [4.69, 9.17) is 10.5 Å². The number of nitrogen functional groups attached to an aromatic ring is 1. The molecule has 1 heterocycles. The highest BCUT2D eigenvalue weighted by molar-refractivity contribution is 7.92. The monoisotopic (exact) mass is 274 g/mol. The molecule has 0 fully saturated rings. The molecule has 7 nitrogen and oxygen atoms in total. The number of nitrogens with one attached hydrogen (secondary N) is 1. The van der Waals surface area contributed by atoms with Crippen LogP contribution in [0.4, 0.5) is 11.5 Å². The highest BCUT2D eigenvalue weighted by atomic mass is 32.2. The lowest BCUT2D eigenvalue weighted by atomic mass is 10.2. The Labute approximate surface area is 107 Å². The van der Waals surface area contributed by atoms with Gasteiger partial charge in [-0.15, -0.1) is 0 Å². The van der Waals surface area contributed by atoms with Crippen molar-refractivity contribution in [2.75, 3.05) is 31.0 Å². The molecule has 1 rings (SSSR count). The van der Waals surface area contributed by atoms with Crippen LogP contribution in [0.2, 0.25) is 0 Å². The van der Waals surface area contributed by atoms with Gasteiger partial charge in [0.05, 0.1) is 11.9 Å². The maximum Gasteiger partial charge on any atom is 0.242 e. The second-order valence-corrected chi connectivity index (χ2v) is 7.18. The summed E-state index contributed by atoms with van der Waals surface area (Å²) < 4.78 is 27.1. The van der Waals surface area contributed by atoms with Crippen molar-refractivity contribution >= 4 is 21.3 Å². The Morgan fingerprint density at radius 2 is 2.06 bits per heavy atom. The van der Waals surface area contributed by atoms with Crippen LogP contribution in [0.5, 0.6) is 5.88 Å². The van der Waals surface area contributed by atoms with Gasteiger partial charge in [-0.1, -0.05) is 0 Å². The number of nitrogens with two attached hydrogens (primary N) is 1. The molecule has 3 N–H and O–H groups in total. The summed E-state index contributed by atoms with van der Waals surface area (Å²) in [6.07, 6.45) is 2.49. The van der Waals surface area contributed by atoms with E-state index in [1.807, 2.05) is 0 Å². The van der Waals surface area contributed by atoms with Crippen LogP contribution in [0, 0.1) is 0 Å². The lowest BCUT2D eigenvalue weighted by Gasteiger charge is -2.23. The third-order valence-corrected chi connectivity index (χ3v) is 4.88. The molecular formula is C10H18N4O3S. The molecule has 8 heteroatoms. The van der Waals surface area contributed by atoms with Gasteiger partial charge in [-0.2, -0.15) is 4.98 Å². The number of rotatable bonds is 5. The summed E-state index contributed by atoms with van der Waals surface area (Å²) in [5, 5.41) is 2.90. The molecule has 0 spiro atoms. The predicted molar refractivity (Wildman–Crippen MR) is 70.4 cm³/mol. The third-order valence-electron chi connectivity index (χ3n) is 2.73. The van der Waals surface area contributed by atoms with Crippen molar-refractivity contribution in [2.24, 2.45) is 0 Å². The summed E-state index contributed by atoms with van der Waals surface area (Å²) in [6.45, 7) is 3.45. The first-order chi connectivity index (χ1) is 8.19. The maximum absolute atomic E-state index is 11.6. The first-order valence-electron chi connectivity index (χ1n) is 5.27. The van der Waals surface area contributed by atoms with Crippen molar-refractivity contribution in [1.29, 1.82) is 0 Å². The van der Waals surface area contributed by atoms with E-state index in [-0.39, 0.29) is 18.1 Å². The van der Waals surface area contributed by atoms with Crippen molar-refractivity contribution in [3.05, 3.63) is 6.33 Å². The fourth-order valence-corrected chi connectivity index (χ4v) is 1.44. The van der Waals surface area contributed by atoms with Gasteiger partial charge in [-0.05, 0) is 13.8 Å². The van der Waals surface area contributed by atoms with Crippen LogP contribution in [0.1, 0.15) is 13.8 Å². The van der Waals surface area contributed by atoms with Gasteiger partial charge in [0.15, 0.2) is 15.7 Å². The second-order valence-electron chi connectivity index (χ2n) is 4.53. The zero-order valence-corrected chi connectivity index (χ0v) is 11.7. The summed E-state index contributed by atoms with van der Waals surface area (Å²) in [5.74, 6) is 0.614. The van der Waals surface area contributed by atoms with Crippen molar-refractivity contribution in [1.82, 2.24) is 9.97 Å². The molecule has 1 aromatic heterocycles. The number of methoxy groups -OCH3 is 1. The molecule has 0 aliphatic heterocycles. The Morgan fingerprint density at radius 1 is 1.44 bits per heavy atom.